The van der Waals surface area contributed by atoms with Crippen LogP contribution in [-0.2, 0) is 0 Å². The molecule has 1 aliphatic rings. The van der Waals surface area contributed by atoms with Gasteiger partial charge in [-0.25, -0.2) is 0 Å². The second-order valence-corrected chi connectivity index (χ2v) is 5.68. The molecule has 1 aromatic carbocycles. The Balaban J connectivity index is 2.46. The van der Waals surface area contributed by atoms with Crippen molar-refractivity contribution in [3.63, 3.8) is 0 Å². The van der Waals surface area contributed by atoms with Gasteiger partial charge in [-0.15, -0.1) is 0 Å². The van der Waals surface area contributed by atoms with Crippen molar-refractivity contribution in [2.75, 3.05) is 0 Å². The van der Waals surface area contributed by atoms with Gasteiger partial charge in [0.1, 0.15) is 11.4 Å². The molecule has 1 unspecified atom stereocenters. The fourth-order valence-electron chi connectivity index (χ4n) is 1.87. The average Bonchev–Trinajstić information content (AvgIpc) is 2.00. The number of alkyl halides is 1. The van der Waals surface area contributed by atoms with Crippen LogP contribution in [0.2, 0.25) is 0 Å². The molecule has 1 nitrogen and oxygen atoms in total. The first kappa shape index (κ1) is 10.0. The van der Waals surface area contributed by atoms with Crippen LogP contribution in [0.25, 0.3) is 0 Å². The first-order valence-corrected chi connectivity index (χ1v) is 5.83. The highest BCUT2D eigenvalue weighted by Crippen LogP contribution is 2.44. The van der Waals surface area contributed by atoms with Crippen molar-refractivity contribution in [3.05, 3.63) is 29.3 Å². The minimum absolute atomic E-state index is 0.0606. The first-order valence-electron chi connectivity index (χ1n) is 4.91. The lowest BCUT2D eigenvalue weighted by Gasteiger charge is -2.35. The van der Waals surface area contributed by atoms with Gasteiger partial charge >= 0.3 is 0 Å². The summed E-state index contributed by atoms with van der Waals surface area (Å²) in [7, 11) is 0. The van der Waals surface area contributed by atoms with Gasteiger partial charge in [-0.05, 0) is 32.4 Å². The Morgan fingerprint density at radius 1 is 1.43 bits per heavy atom. The van der Waals surface area contributed by atoms with Crippen LogP contribution >= 0.6 is 15.9 Å². The van der Waals surface area contributed by atoms with E-state index in [0.717, 1.165) is 12.2 Å². The summed E-state index contributed by atoms with van der Waals surface area (Å²) in [6.07, 6.45) is 1.02. The van der Waals surface area contributed by atoms with Gasteiger partial charge in [0.25, 0.3) is 0 Å². The highest BCUT2D eigenvalue weighted by Gasteiger charge is 2.32. The molecule has 0 bridgehead atoms. The van der Waals surface area contributed by atoms with Crippen LogP contribution in [0.1, 0.15) is 36.2 Å². The van der Waals surface area contributed by atoms with E-state index in [2.05, 4.69) is 54.9 Å². The van der Waals surface area contributed by atoms with Gasteiger partial charge in [0.15, 0.2) is 0 Å². The average molecular weight is 255 g/mol. The van der Waals surface area contributed by atoms with Crippen LogP contribution in [0, 0.1) is 6.92 Å². The standard InChI is InChI=1S/C12H15BrO/c1-8-4-5-9-10(13)7-12(2,3)14-11(9)6-8/h4-6,10H,7H2,1-3H3. The maximum Gasteiger partial charge on any atom is 0.124 e. The lowest BCUT2D eigenvalue weighted by molar-refractivity contribution is 0.0841. The maximum absolute atomic E-state index is 5.94. The summed E-state index contributed by atoms with van der Waals surface area (Å²) in [5.74, 6) is 1.03. The minimum atomic E-state index is -0.0606. The molecule has 1 aliphatic heterocycles. The number of ether oxygens (including phenoxy) is 1. The Morgan fingerprint density at radius 2 is 2.14 bits per heavy atom. The molecule has 1 aromatic rings. The molecule has 0 aromatic heterocycles. The molecular weight excluding hydrogens is 240 g/mol. The molecule has 76 valence electrons. The zero-order chi connectivity index (χ0) is 10.3. The Kier molecular flexibility index (Phi) is 2.34. The Hall–Kier alpha value is -0.500. The van der Waals surface area contributed by atoms with E-state index >= 15 is 0 Å². The fraction of sp³-hybridized carbons (Fsp3) is 0.500. The molecule has 0 fully saturated rings. The largest absolute Gasteiger partial charge is 0.487 e. The highest BCUT2D eigenvalue weighted by atomic mass is 79.9. The number of hydrogen-bond acceptors (Lipinski definition) is 1. The van der Waals surface area contributed by atoms with Gasteiger partial charge in [-0.3, -0.25) is 0 Å². The molecule has 14 heavy (non-hydrogen) atoms. The van der Waals surface area contributed by atoms with Crippen molar-refractivity contribution in [2.24, 2.45) is 0 Å². The zero-order valence-corrected chi connectivity index (χ0v) is 10.4. The molecule has 0 saturated heterocycles. The fourth-order valence-corrected chi connectivity index (χ4v) is 3.03. The van der Waals surface area contributed by atoms with Crippen LogP contribution in [-0.4, -0.2) is 5.60 Å². The first-order chi connectivity index (χ1) is 6.48. The molecule has 2 rings (SSSR count). The second-order valence-electron chi connectivity index (χ2n) is 4.57. The van der Waals surface area contributed by atoms with Crippen molar-refractivity contribution < 1.29 is 4.74 Å². The lowest BCUT2D eigenvalue weighted by atomic mass is 9.93. The topological polar surface area (TPSA) is 9.23 Å². The van der Waals surface area contributed by atoms with Crippen molar-refractivity contribution in [2.45, 2.75) is 37.6 Å². The summed E-state index contributed by atoms with van der Waals surface area (Å²) < 4.78 is 5.94. The van der Waals surface area contributed by atoms with Gasteiger partial charge in [0, 0.05) is 16.8 Å². The van der Waals surface area contributed by atoms with E-state index in [9.17, 15) is 0 Å². The van der Waals surface area contributed by atoms with Gasteiger partial charge < -0.3 is 4.74 Å². The summed E-state index contributed by atoms with van der Waals surface area (Å²) in [6.45, 7) is 6.35. The number of rotatable bonds is 0. The van der Waals surface area contributed by atoms with Crippen LogP contribution in [0.5, 0.6) is 5.75 Å². The summed E-state index contributed by atoms with van der Waals surface area (Å²) in [6, 6.07) is 6.40. The van der Waals surface area contributed by atoms with Crippen LogP contribution in [0.4, 0.5) is 0 Å². The van der Waals surface area contributed by atoms with E-state index in [4.69, 9.17) is 4.74 Å². The van der Waals surface area contributed by atoms with E-state index in [1.165, 1.54) is 11.1 Å². The van der Waals surface area contributed by atoms with Crippen LogP contribution in [0.15, 0.2) is 18.2 Å². The van der Waals surface area contributed by atoms with Crippen molar-refractivity contribution in [1.29, 1.82) is 0 Å². The molecule has 0 amide bonds. The predicted molar refractivity (Wildman–Crippen MR) is 62.2 cm³/mol. The molecule has 0 N–H and O–H groups in total. The van der Waals surface area contributed by atoms with E-state index in [1.807, 2.05) is 0 Å². The number of hydrogen-bond donors (Lipinski definition) is 0. The molecule has 1 heterocycles. The minimum Gasteiger partial charge on any atom is -0.487 e. The van der Waals surface area contributed by atoms with Crippen LogP contribution < -0.4 is 4.74 Å². The Bertz CT molecular complexity index is 357. The number of fused-ring (bicyclic) bond motifs is 1. The van der Waals surface area contributed by atoms with Crippen LogP contribution in [0.3, 0.4) is 0 Å². The summed E-state index contributed by atoms with van der Waals surface area (Å²) in [4.78, 5) is 0.418. The Morgan fingerprint density at radius 3 is 2.86 bits per heavy atom. The van der Waals surface area contributed by atoms with Gasteiger partial charge in [-0.2, -0.15) is 0 Å². The molecule has 0 saturated carbocycles. The summed E-state index contributed by atoms with van der Waals surface area (Å²) in [5, 5.41) is 0. The molecule has 0 radical (unpaired) electrons. The quantitative estimate of drug-likeness (QED) is 0.637. The molecule has 0 aliphatic carbocycles. The van der Waals surface area contributed by atoms with Gasteiger partial charge in [0.2, 0.25) is 0 Å². The van der Waals surface area contributed by atoms with E-state index in [-0.39, 0.29) is 5.60 Å². The maximum atomic E-state index is 5.94. The Labute approximate surface area is 93.6 Å². The van der Waals surface area contributed by atoms with E-state index in [1.54, 1.807) is 0 Å². The smallest absolute Gasteiger partial charge is 0.124 e. The molecule has 1 atom stereocenters. The SMILES string of the molecule is Cc1ccc2c(c1)OC(C)(C)CC2Br. The van der Waals surface area contributed by atoms with E-state index in [0.29, 0.717) is 4.83 Å². The molecule has 2 heteroatoms. The van der Waals surface area contributed by atoms with E-state index < -0.39 is 0 Å². The van der Waals surface area contributed by atoms with Crippen molar-refractivity contribution in [1.82, 2.24) is 0 Å². The monoisotopic (exact) mass is 254 g/mol. The summed E-state index contributed by atoms with van der Waals surface area (Å²) >= 11 is 3.71. The van der Waals surface area contributed by atoms with Crippen molar-refractivity contribution in [3.8, 4) is 5.75 Å². The zero-order valence-electron chi connectivity index (χ0n) is 8.80. The number of halogens is 1. The second kappa shape index (κ2) is 3.27. The molecular formula is C12H15BrO. The van der Waals surface area contributed by atoms with Crippen molar-refractivity contribution >= 4 is 15.9 Å². The van der Waals surface area contributed by atoms with Gasteiger partial charge in [-0.1, -0.05) is 28.1 Å². The number of aryl methyl sites for hydroxylation is 1. The highest BCUT2D eigenvalue weighted by molar-refractivity contribution is 9.09. The third kappa shape index (κ3) is 1.81. The third-order valence-corrected chi connectivity index (χ3v) is 3.38. The molecule has 0 spiro atoms. The normalized spacial score (nSPS) is 23.9. The lowest BCUT2D eigenvalue weighted by Crippen LogP contribution is -2.33. The predicted octanol–water partition coefficient (Wildman–Crippen LogP) is 3.99. The third-order valence-electron chi connectivity index (χ3n) is 2.56. The summed E-state index contributed by atoms with van der Waals surface area (Å²) in [5.41, 5.74) is 2.46. The number of benzene rings is 1. The van der Waals surface area contributed by atoms with Gasteiger partial charge in [0.05, 0.1) is 0 Å².